The Kier molecular flexibility index (Phi) is 7.18. The molecule has 1 atom stereocenters. The predicted molar refractivity (Wildman–Crippen MR) is 129 cm³/mol. The molecule has 1 aromatic carbocycles. The van der Waals surface area contributed by atoms with Gasteiger partial charge in [-0.15, -0.1) is 0 Å². The van der Waals surface area contributed by atoms with Crippen LogP contribution in [0.15, 0.2) is 41.5 Å². The number of carbonyl (C=O) groups is 2. The summed E-state index contributed by atoms with van der Waals surface area (Å²) in [6.07, 6.45) is 0.258. The van der Waals surface area contributed by atoms with Crippen LogP contribution in [-0.4, -0.2) is 88.3 Å². The van der Waals surface area contributed by atoms with Crippen LogP contribution in [0.3, 0.4) is 0 Å². The van der Waals surface area contributed by atoms with Crippen LogP contribution in [-0.2, 0) is 4.74 Å². The Bertz CT molecular complexity index is 1220. The summed E-state index contributed by atoms with van der Waals surface area (Å²) in [5, 5.41) is 14.2. The molecule has 9 nitrogen and oxygen atoms in total. The number of rotatable bonds is 5. The van der Waals surface area contributed by atoms with Crippen molar-refractivity contribution < 1.29 is 27.5 Å². The summed E-state index contributed by atoms with van der Waals surface area (Å²) in [7, 11) is 0. The van der Waals surface area contributed by atoms with Crippen molar-refractivity contribution in [1.29, 1.82) is 0 Å². The van der Waals surface area contributed by atoms with Crippen LogP contribution in [0, 0.1) is 0 Å². The number of carbonyl (C=O) groups excluding carboxylic acids is 2. The number of benzene rings is 1. The number of aromatic amines is 1. The molecule has 198 valence electrons. The molecule has 2 saturated heterocycles. The number of halogens is 3. The summed E-state index contributed by atoms with van der Waals surface area (Å²) >= 11 is 0. The van der Waals surface area contributed by atoms with Gasteiger partial charge in [0.25, 0.3) is 5.91 Å². The third-order valence-electron chi connectivity index (χ3n) is 7.24. The molecular formula is C25H29F3N6O3. The van der Waals surface area contributed by atoms with Gasteiger partial charge in [-0.25, -0.2) is 4.79 Å². The SMILES string of the molecule is O=C(OCC1=CC=C(C(F)(F)F)CC1)N1CCC(NC2CCN(C(=O)c3ccc4n[nH]nc4c3)C2)CC1. The van der Waals surface area contributed by atoms with Gasteiger partial charge < -0.3 is 19.9 Å². The maximum Gasteiger partial charge on any atom is 0.412 e. The number of ether oxygens (including phenoxy) is 1. The molecule has 3 heterocycles. The highest BCUT2D eigenvalue weighted by Gasteiger charge is 2.34. The number of alkyl halides is 3. The van der Waals surface area contributed by atoms with Gasteiger partial charge in [0.1, 0.15) is 17.6 Å². The summed E-state index contributed by atoms with van der Waals surface area (Å²) in [6, 6.07) is 5.73. The first-order chi connectivity index (χ1) is 17.8. The van der Waals surface area contributed by atoms with E-state index in [1.807, 2.05) is 4.90 Å². The van der Waals surface area contributed by atoms with Gasteiger partial charge in [0.15, 0.2) is 0 Å². The third-order valence-corrected chi connectivity index (χ3v) is 7.24. The Balaban J connectivity index is 1.03. The average Bonchev–Trinajstić information content (AvgIpc) is 3.56. The lowest BCUT2D eigenvalue weighted by atomic mass is 9.98. The lowest BCUT2D eigenvalue weighted by Gasteiger charge is -2.33. The van der Waals surface area contributed by atoms with E-state index < -0.39 is 17.8 Å². The molecule has 2 N–H and O–H groups in total. The molecule has 0 saturated carbocycles. The number of nitrogens with zero attached hydrogens (tertiary/aromatic N) is 4. The standard InChI is InChI=1S/C25H29F3N6O3/c26-25(27,28)18-4-1-16(2-5-18)15-37-24(36)33-10-7-19(8-11-33)29-20-9-12-34(14-20)23(35)17-3-6-21-22(13-17)31-32-30-21/h1,3-4,6,13,19-20,29H,2,5,7-12,14-15H2,(H,30,31,32). The topological polar surface area (TPSA) is 103 Å². The molecule has 2 fully saturated rings. The monoisotopic (exact) mass is 518 g/mol. The first-order valence-corrected chi connectivity index (χ1v) is 12.5. The van der Waals surface area contributed by atoms with Crippen LogP contribution in [0.25, 0.3) is 11.0 Å². The van der Waals surface area contributed by atoms with Crippen LogP contribution < -0.4 is 5.32 Å². The number of piperidine rings is 1. The van der Waals surface area contributed by atoms with Crippen LogP contribution in [0.5, 0.6) is 0 Å². The molecule has 5 rings (SSSR count). The number of H-pyrrole nitrogens is 1. The van der Waals surface area contributed by atoms with E-state index in [-0.39, 0.29) is 37.4 Å². The highest BCUT2D eigenvalue weighted by molar-refractivity contribution is 5.97. The average molecular weight is 519 g/mol. The van der Waals surface area contributed by atoms with Crippen LogP contribution in [0.1, 0.15) is 42.5 Å². The summed E-state index contributed by atoms with van der Waals surface area (Å²) in [6.45, 7) is 2.39. The minimum Gasteiger partial charge on any atom is -0.445 e. The van der Waals surface area contributed by atoms with E-state index in [4.69, 9.17) is 4.74 Å². The Labute approximate surface area is 211 Å². The second-order valence-corrected chi connectivity index (χ2v) is 9.76. The fourth-order valence-electron chi connectivity index (χ4n) is 5.08. The van der Waals surface area contributed by atoms with Crippen molar-refractivity contribution in [3.05, 3.63) is 47.1 Å². The largest absolute Gasteiger partial charge is 0.445 e. The Morgan fingerprint density at radius 2 is 1.73 bits per heavy atom. The van der Waals surface area contributed by atoms with E-state index in [0.29, 0.717) is 42.8 Å². The molecule has 2 aromatic rings. The molecule has 0 radical (unpaired) electrons. The normalized spacial score (nSPS) is 21.2. The first-order valence-electron chi connectivity index (χ1n) is 12.5. The molecule has 2 amide bonds. The zero-order valence-electron chi connectivity index (χ0n) is 20.3. The predicted octanol–water partition coefficient (Wildman–Crippen LogP) is 3.57. The maximum absolute atomic E-state index is 12.9. The quantitative estimate of drug-likeness (QED) is 0.628. The Morgan fingerprint density at radius 3 is 2.46 bits per heavy atom. The number of allylic oxidation sites excluding steroid dienone is 3. The molecule has 0 bridgehead atoms. The molecule has 12 heteroatoms. The van der Waals surface area contributed by atoms with E-state index in [1.54, 1.807) is 23.1 Å². The highest BCUT2D eigenvalue weighted by Crippen LogP contribution is 2.33. The number of hydrogen-bond acceptors (Lipinski definition) is 6. The zero-order valence-corrected chi connectivity index (χ0v) is 20.3. The zero-order chi connectivity index (χ0) is 26.0. The van der Waals surface area contributed by atoms with Gasteiger partial charge in [0.2, 0.25) is 0 Å². The van der Waals surface area contributed by atoms with Crippen molar-refractivity contribution in [2.24, 2.45) is 0 Å². The maximum atomic E-state index is 12.9. The second kappa shape index (κ2) is 10.5. The van der Waals surface area contributed by atoms with Gasteiger partial charge in [0, 0.05) is 49.4 Å². The molecule has 2 aliphatic heterocycles. The molecule has 37 heavy (non-hydrogen) atoms. The van der Waals surface area contributed by atoms with Crippen molar-refractivity contribution >= 4 is 23.0 Å². The van der Waals surface area contributed by atoms with Gasteiger partial charge in [-0.05, 0) is 55.9 Å². The van der Waals surface area contributed by atoms with Gasteiger partial charge in [-0.2, -0.15) is 28.6 Å². The lowest BCUT2D eigenvalue weighted by molar-refractivity contribution is -0.0941. The summed E-state index contributed by atoms with van der Waals surface area (Å²) in [4.78, 5) is 28.9. The minimum absolute atomic E-state index is 0.00812. The number of fused-ring (bicyclic) bond motifs is 1. The van der Waals surface area contributed by atoms with Crippen molar-refractivity contribution in [1.82, 2.24) is 30.5 Å². The van der Waals surface area contributed by atoms with E-state index in [1.165, 1.54) is 6.08 Å². The number of likely N-dealkylation sites (tertiary alicyclic amines) is 2. The summed E-state index contributed by atoms with van der Waals surface area (Å²) < 4.78 is 43.5. The smallest absolute Gasteiger partial charge is 0.412 e. The van der Waals surface area contributed by atoms with E-state index in [9.17, 15) is 22.8 Å². The molecule has 1 aliphatic carbocycles. The lowest BCUT2D eigenvalue weighted by Crippen LogP contribution is -2.48. The fourth-order valence-corrected chi connectivity index (χ4v) is 5.08. The van der Waals surface area contributed by atoms with Crippen LogP contribution >= 0.6 is 0 Å². The molecular weight excluding hydrogens is 489 g/mol. The van der Waals surface area contributed by atoms with E-state index in [0.717, 1.165) is 30.9 Å². The highest BCUT2D eigenvalue weighted by atomic mass is 19.4. The third kappa shape index (κ3) is 5.95. The van der Waals surface area contributed by atoms with Gasteiger partial charge in [-0.3, -0.25) is 4.79 Å². The number of amides is 2. The van der Waals surface area contributed by atoms with E-state index >= 15 is 0 Å². The molecule has 1 aromatic heterocycles. The fraction of sp³-hybridized carbons (Fsp3) is 0.520. The molecule has 1 unspecified atom stereocenters. The van der Waals surface area contributed by atoms with E-state index in [2.05, 4.69) is 20.7 Å². The van der Waals surface area contributed by atoms with Crippen LogP contribution in [0.2, 0.25) is 0 Å². The Morgan fingerprint density at radius 1 is 1.00 bits per heavy atom. The van der Waals surface area contributed by atoms with Gasteiger partial charge >= 0.3 is 12.3 Å². The first kappa shape index (κ1) is 25.2. The molecule has 0 spiro atoms. The molecule has 3 aliphatic rings. The Hall–Kier alpha value is -3.41. The van der Waals surface area contributed by atoms with Crippen molar-refractivity contribution in [2.75, 3.05) is 32.8 Å². The summed E-state index contributed by atoms with van der Waals surface area (Å²) in [5.41, 5.74) is 2.09. The summed E-state index contributed by atoms with van der Waals surface area (Å²) in [5.74, 6) is -0.0232. The van der Waals surface area contributed by atoms with Crippen molar-refractivity contribution in [2.45, 2.75) is 50.4 Å². The van der Waals surface area contributed by atoms with Crippen LogP contribution in [0.4, 0.5) is 18.0 Å². The van der Waals surface area contributed by atoms with Gasteiger partial charge in [0.05, 0.1) is 0 Å². The van der Waals surface area contributed by atoms with Gasteiger partial charge in [-0.1, -0.05) is 12.2 Å². The number of aromatic nitrogens is 3. The number of hydrogen-bond donors (Lipinski definition) is 2. The van der Waals surface area contributed by atoms with Crippen molar-refractivity contribution in [3.8, 4) is 0 Å². The minimum atomic E-state index is -4.31. The van der Waals surface area contributed by atoms with Crippen molar-refractivity contribution in [3.63, 3.8) is 0 Å². The number of nitrogens with one attached hydrogen (secondary N) is 2. The second-order valence-electron chi connectivity index (χ2n) is 9.76.